The van der Waals surface area contributed by atoms with E-state index in [1.54, 1.807) is 24.4 Å². The van der Waals surface area contributed by atoms with Gasteiger partial charge in [0.25, 0.3) is 5.69 Å². The predicted octanol–water partition coefficient (Wildman–Crippen LogP) is 6.19. The summed E-state index contributed by atoms with van der Waals surface area (Å²) < 4.78 is 11.8. The minimum absolute atomic E-state index is 0.109. The van der Waals surface area contributed by atoms with Gasteiger partial charge in [0.15, 0.2) is 0 Å². The molecule has 5 rings (SSSR count). The van der Waals surface area contributed by atoms with E-state index in [1.807, 2.05) is 30.3 Å². The van der Waals surface area contributed by atoms with Gasteiger partial charge in [-0.15, -0.1) is 0 Å². The van der Waals surface area contributed by atoms with Gasteiger partial charge in [-0.1, -0.05) is 30.3 Å². The third-order valence-electron chi connectivity index (χ3n) is 5.74. The van der Waals surface area contributed by atoms with Gasteiger partial charge in [-0.05, 0) is 49.6 Å². The van der Waals surface area contributed by atoms with E-state index >= 15 is 0 Å². The number of rotatable bonds is 5. The smallest absolute Gasteiger partial charge is 0.350 e. The highest BCUT2D eigenvalue weighted by atomic mass is 16.6. The summed E-state index contributed by atoms with van der Waals surface area (Å²) in [6.07, 6.45) is 5.53. The predicted molar refractivity (Wildman–Crippen MR) is 125 cm³/mol. The van der Waals surface area contributed by atoms with Crippen molar-refractivity contribution in [2.75, 3.05) is 0 Å². The number of benzene rings is 3. The number of furan rings is 1. The van der Waals surface area contributed by atoms with Crippen LogP contribution in [0, 0.1) is 10.1 Å². The maximum absolute atomic E-state index is 12.9. The van der Waals surface area contributed by atoms with E-state index in [2.05, 4.69) is 4.99 Å². The fourth-order valence-corrected chi connectivity index (χ4v) is 4.19. The van der Waals surface area contributed by atoms with Gasteiger partial charge in [-0.2, -0.15) is 0 Å². The quantitative estimate of drug-likeness (QED) is 0.121. The zero-order valence-corrected chi connectivity index (χ0v) is 17.7. The lowest BCUT2D eigenvalue weighted by molar-refractivity contribution is -0.385. The number of esters is 1. The number of hydrogen-bond acceptors (Lipinski definition) is 6. The summed E-state index contributed by atoms with van der Waals surface area (Å²) in [5.74, 6) is 0.431. The second-order valence-corrected chi connectivity index (χ2v) is 7.82. The number of nitro benzene ring substituents is 1. The molecule has 0 aliphatic heterocycles. The third kappa shape index (κ3) is 4.01. The third-order valence-corrected chi connectivity index (χ3v) is 5.74. The largest absolute Gasteiger partial charge is 0.461 e. The molecule has 0 saturated heterocycles. The molecule has 0 spiro atoms. The number of para-hydroxylation sites is 2. The summed E-state index contributed by atoms with van der Waals surface area (Å²) in [7, 11) is 0. The van der Waals surface area contributed by atoms with E-state index < -0.39 is 10.9 Å². The van der Waals surface area contributed by atoms with Crippen LogP contribution < -0.4 is 4.74 Å². The summed E-state index contributed by atoms with van der Waals surface area (Å²) in [5, 5.41) is 12.2. The number of hydrogen-bond donors (Lipinski definition) is 0. The number of nitrogens with zero attached hydrogens (tertiary/aromatic N) is 2. The van der Waals surface area contributed by atoms with E-state index in [0.717, 1.165) is 48.1 Å². The lowest BCUT2D eigenvalue weighted by atomic mass is 9.94. The number of nitro groups is 1. The van der Waals surface area contributed by atoms with E-state index in [1.165, 1.54) is 18.2 Å². The second-order valence-electron chi connectivity index (χ2n) is 7.82. The second kappa shape index (κ2) is 8.70. The van der Waals surface area contributed by atoms with E-state index in [0.29, 0.717) is 11.1 Å². The fraction of sp³-hybridized carbons (Fsp3) is 0.154. The molecular weight excluding hydrogens is 420 g/mol. The van der Waals surface area contributed by atoms with Crippen LogP contribution in [-0.2, 0) is 12.8 Å². The molecule has 1 aromatic heterocycles. The number of aryl methyl sites for hydroxylation is 2. The monoisotopic (exact) mass is 440 g/mol. The number of carbonyl (C=O) groups is 1. The maximum Gasteiger partial charge on any atom is 0.350 e. The van der Waals surface area contributed by atoms with Crippen molar-refractivity contribution in [3.63, 3.8) is 0 Å². The average Bonchev–Trinajstić information content (AvgIpc) is 3.23. The van der Waals surface area contributed by atoms with Crippen LogP contribution in [0.1, 0.15) is 40.1 Å². The van der Waals surface area contributed by atoms with Crippen LogP contribution in [0.15, 0.2) is 76.1 Å². The van der Waals surface area contributed by atoms with Gasteiger partial charge in [-0.3, -0.25) is 15.1 Å². The van der Waals surface area contributed by atoms with Crippen molar-refractivity contribution in [2.24, 2.45) is 4.99 Å². The molecule has 0 radical (unpaired) electrons. The van der Waals surface area contributed by atoms with Crippen LogP contribution in [0.2, 0.25) is 0 Å². The molecule has 7 heteroatoms. The molecule has 0 bridgehead atoms. The van der Waals surface area contributed by atoms with Crippen LogP contribution in [0.3, 0.4) is 0 Å². The van der Waals surface area contributed by atoms with Crippen LogP contribution in [-0.4, -0.2) is 17.1 Å². The highest BCUT2D eigenvalue weighted by Gasteiger charge is 2.25. The molecule has 0 atom stereocenters. The Morgan fingerprint density at radius 2 is 1.76 bits per heavy atom. The van der Waals surface area contributed by atoms with Crippen molar-refractivity contribution >= 4 is 34.5 Å². The Labute approximate surface area is 189 Å². The molecule has 1 aliphatic carbocycles. The first-order chi connectivity index (χ1) is 16.1. The van der Waals surface area contributed by atoms with Crippen LogP contribution in [0.4, 0.5) is 11.4 Å². The zero-order chi connectivity index (χ0) is 22.8. The Bertz CT molecular complexity index is 1390. The van der Waals surface area contributed by atoms with Gasteiger partial charge >= 0.3 is 5.97 Å². The Kier molecular flexibility index (Phi) is 5.44. The fourth-order valence-electron chi connectivity index (χ4n) is 4.19. The van der Waals surface area contributed by atoms with Crippen LogP contribution >= 0.6 is 0 Å². The van der Waals surface area contributed by atoms with E-state index in [9.17, 15) is 14.9 Å². The number of ether oxygens (including phenoxy) is 1. The maximum atomic E-state index is 12.9. The molecule has 0 saturated carbocycles. The molecule has 0 amide bonds. The standard InChI is InChI=1S/C26H20N2O5/c29-26(18-10-4-6-12-21(18)28(30)31)33-23-14-15-24-25(19-11-5-7-13-22(19)32-24)20(23)16-27-17-8-2-1-3-9-17/h1-4,6,8-10,12,14-16H,5,7,11,13H2. The Morgan fingerprint density at radius 3 is 2.58 bits per heavy atom. The minimum Gasteiger partial charge on any atom is -0.461 e. The summed E-state index contributed by atoms with van der Waals surface area (Å²) in [5.41, 5.74) is 2.78. The summed E-state index contributed by atoms with van der Waals surface area (Å²) in [6.45, 7) is 0. The Hall–Kier alpha value is -4.26. The molecule has 0 unspecified atom stereocenters. The van der Waals surface area contributed by atoms with Gasteiger partial charge in [0, 0.05) is 35.2 Å². The van der Waals surface area contributed by atoms with E-state index in [-0.39, 0.29) is 17.0 Å². The van der Waals surface area contributed by atoms with Gasteiger partial charge in [0.2, 0.25) is 0 Å². The first-order valence-corrected chi connectivity index (χ1v) is 10.7. The number of carbonyl (C=O) groups excluding carboxylic acids is 1. The van der Waals surface area contributed by atoms with Crippen molar-refractivity contribution in [2.45, 2.75) is 25.7 Å². The SMILES string of the molecule is O=C(Oc1ccc2oc3c(c2c1C=Nc1ccccc1)CCCC3)c1ccccc1[N+](=O)[O-]. The summed E-state index contributed by atoms with van der Waals surface area (Å²) in [4.78, 5) is 28.3. The van der Waals surface area contributed by atoms with Crippen molar-refractivity contribution in [1.29, 1.82) is 0 Å². The molecule has 1 heterocycles. The molecule has 0 fully saturated rings. The van der Waals surface area contributed by atoms with Crippen LogP contribution in [0.25, 0.3) is 11.0 Å². The molecule has 0 N–H and O–H groups in total. The minimum atomic E-state index is -0.798. The average molecular weight is 440 g/mol. The lowest BCUT2D eigenvalue weighted by Crippen LogP contribution is -2.12. The molecule has 1 aliphatic rings. The molecule has 4 aromatic rings. The van der Waals surface area contributed by atoms with Crippen molar-refractivity contribution < 1.29 is 18.9 Å². The Morgan fingerprint density at radius 1 is 1.00 bits per heavy atom. The first kappa shape index (κ1) is 20.6. The van der Waals surface area contributed by atoms with Gasteiger partial charge < -0.3 is 9.15 Å². The van der Waals surface area contributed by atoms with E-state index in [4.69, 9.17) is 9.15 Å². The highest BCUT2D eigenvalue weighted by Crippen LogP contribution is 2.37. The zero-order valence-electron chi connectivity index (χ0n) is 17.7. The van der Waals surface area contributed by atoms with Gasteiger partial charge in [0.1, 0.15) is 22.7 Å². The normalized spacial score (nSPS) is 13.2. The summed E-state index contributed by atoms with van der Waals surface area (Å²) in [6, 6.07) is 18.6. The topological polar surface area (TPSA) is 94.9 Å². The molecule has 164 valence electrons. The molecular formula is C26H20N2O5. The first-order valence-electron chi connectivity index (χ1n) is 10.7. The Balaban J connectivity index is 1.62. The molecule has 7 nitrogen and oxygen atoms in total. The van der Waals surface area contributed by atoms with Gasteiger partial charge in [0.05, 0.1) is 10.6 Å². The highest BCUT2D eigenvalue weighted by molar-refractivity contribution is 6.05. The number of aliphatic imine (C=N–C) groups is 1. The van der Waals surface area contributed by atoms with Gasteiger partial charge in [-0.25, -0.2) is 4.79 Å². The van der Waals surface area contributed by atoms with Crippen molar-refractivity contribution in [3.05, 3.63) is 99.3 Å². The lowest BCUT2D eigenvalue weighted by Gasteiger charge is -2.12. The van der Waals surface area contributed by atoms with Crippen LogP contribution in [0.5, 0.6) is 5.75 Å². The summed E-state index contributed by atoms with van der Waals surface area (Å²) >= 11 is 0. The molecule has 33 heavy (non-hydrogen) atoms. The number of fused-ring (bicyclic) bond motifs is 3. The van der Waals surface area contributed by atoms with Crippen molar-refractivity contribution in [1.82, 2.24) is 0 Å². The van der Waals surface area contributed by atoms with Crippen molar-refractivity contribution in [3.8, 4) is 5.75 Å². The molecule has 3 aromatic carbocycles.